The lowest BCUT2D eigenvalue weighted by atomic mass is 9.76. The number of allylic oxidation sites excluding steroid dienone is 1. The molecule has 1 N–H and O–H groups in total. The summed E-state index contributed by atoms with van der Waals surface area (Å²) in [5.41, 5.74) is 4.46. The maximum Gasteiger partial charge on any atom is 0.328 e. The summed E-state index contributed by atoms with van der Waals surface area (Å²) in [7, 11) is 0. The molecular weight excluding hydrogens is 212 g/mol. The summed E-state index contributed by atoms with van der Waals surface area (Å²) in [5.74, 6) is -0.403. The normalized spacial score (nSPS) is 16.7. The van der Waals surface area contributed by atoms with Gasteiger partial charge < -0.3 is 5.11 Å². The molecule has 0 aliphatic heterocycles. The lowest BCUT2D eigenvalue weighted by molar-refractivity contribution is -0.131. The average molecular weight is 230 g/mol. The number of benzene rings is 1. The van der Waals surface area contributed by atoms with Crippen LogP contribution in [-0.4, -0.2) is 11.1 Å². The Morgan fingerprint density at radius 1 is 1.35 bits per heavy atom. The molecular formula is C15H18O2. The Bertz CT molecular complexity index is 468. The SMILES string of the molecule is Cc1ccc(C)c(/C(=C/C(=O)O)C2CCC2)c1. The van der Waals surface area contributed by atoms with E-state index in [1.165, 1.54) is 18.1 Å². The lowest BCUT2D eigenvalue weighted by Crippen LogP contribution is -2.15. The molecule has 1 aliphatic carbocycles. The van der Waals surface area contributed by atoms with Gasteiger partial charge in [0, 0.05) is 6.08 Å². The van der Waals surface area contributed by atoms with E-state index in [0.717, 1.165) is 29.5 Å². The summed E-state index contributed by atoms with van der Waals surface area (Å²) in [6, 6.07) is 6.24. The second-order valence-electron chi connectivity index (χ2n) is 4.88. The zero-order valence-corrected chi connectivity index (χ0v) is 10.4. The molecule has 1 fully saturated rings. The van der Waals surface area contributed by atoms with Crippen molar-refractivity contribution in [2.24, 2.45) is 5.92 Å². The van der Waals surface area contributed by atoms with Crippen LogP contribution in [0.1, 0.15) is 36.0 Å². The van der Waals surface area contributed by atoms with Crippen LogP contribution in [0.5, 0.6) is 0 Å². The van der Waals surface area contributed by atoms with Gasteiger partial charge in [-0.2, -0.15) is 0 Å². The number of hydrogen-bond acceptors (Lipinski definition) is 1. The van der Waals surface area contributed by atoms with E-state index in [1.807, 2.05) is 13.8 Å². The molecule has 1 saturated carbocycles. The van der Waals surface area contributed by atoms with Crippen molar-refractivity contribution in [2.75, 3.05) is 0 Å². The topological polar surface area (TPSA) is 37.3 Å². The van der Waals surface area contributed by atoms with Gasteiger partial charge in [0.1, 0.15) is 0 Å². The average Bonchev–Trinajstić information content (AvgIpc) is 2.17. The van der Waals surface area contributed by atoms with Gasteiger partial charge >= 0.3 is 5.97 Å². The Morgan fingerprint density at radius 2 is 2.06 bits per heavy atom. The molecule has 0 aromatic heterocycles. The van der Waals surface area contributed by atoms with Crippen LogP contribution < -0.4 is 0 Å². The largest absolute Gasteiger partial charge is 0.478 e. The minimum Gasteiger partial charge on any atom is -0.478 e. The Morgan fingerprint density at radius 3 is 2.59 bits per heavy atom. The standard InChI is InChI=1S/C15H18O2/c1-10-6-7-11(2)13(8-10)14(9-15(16)17)12-4-3-5-12/h6-9,12H,3-5H2,1-2H3,(H,16,17)/b14-9+. The maximum atomic E-state index is 10.9. The molecule has 1 aromatic rings. The molecule has 0 radical (unpaired) electrons. The third kappa shape index (κ3) is 2.57. The highest BCUT2D eigenvalue weighted by molar-refractivity contribution is 5.91. The van der Waals surface area contributed by atoms with Gasteiger partial charge in [-0.25, -0.2) is 4.79 Å². The molecule has 17 heavy (non-hydrogen) atoms. The van der Waals surface area contributed by atoms with Crippen LogP contribution in [0.3, 0.4) is 0 Å². The van der Waals surface area contributed by atoms with Crippen LogP contribution in [0.25, 0.3) is 5.57 Å². The molecule has 2 nitrogen and oxygen atoms in total. The zero-order chi connectivity index (χ0) is 12.4. The Labute approximate surface area is 102 Å². The molecule has 2 rings (SSSR count). The number of hydrogen-bond donors (Lipinski definition) is 1. The third-order valence-electron chi connectivity index (χ3n) is 3.53. The van der Waals surface area contributed by atoms with Crippen molar-refractivity contribution in [1.82, 2.24) is 0 Å². The molecule has 0 unspecified atom stereocenters. The smallest absolute Gasteiger partial charge is 0.328 e. The first-order valence-electron chi connectivity index (χ1n) is 6.10. The highest BCUT2D eigenvalue weighted by Gasteiger charge is 2.24. The summed E-state index contributed by atoms with van der Waals surface area (Å²) in [4.78, 5) is 10.9. The molecule has 1 aliphatic rings. The minimum atomic E-state index is -0.840. The predicted octanol–water partition coefficient (Wildman–Crippen LogP) is 3.57. The quantitative estimate of drug-likeness (QED) is 0.806. The Balaban J connectivity index is 2.44. The summed E-state index contributed by atoms with van der Waals surface area (Å²) in [6.07, 6.45) is 4.84. The summed E-state index contributed by atoms with van der Waals surface area (Å²) < 4.78 is 0. The molecule has 0 saturated heterocycles. The van der Waals surface area contributed by atoms with E-state index in [2.05, 4.69) is 18.2 Å². The Kier molecular flexibility index (Phi) is 3.32. The maximum absolute atomic E-state index is 10.9. The summed E-state index contributed by atoms with van der Waals surface area (Å²) in [6.45, 7) is 4.09. The predicted molar refractivity (Wildman–Crippen MR) is 68.9 cm³/mol. The molecule has 0 heterocycles. The van der Waals surface area contributed by atoms with Crippen LogP contribution in [-0.2, 0) is 4.79 Å². The van der Waals surface area contributed by atoms with Crippen LogP contribution in [0, 0.1) is 19.8 Å². The van der Waals surface area contributed by atoms with Crippen LogP contribution in [0.2, 0.25) is 0 Å². The zero-order valence-electron chi connectivity index (χ0n) is 10.4. The highest BCUT2D eigenvalue weighted by atomic mass is 16.4. The van der Waals surface area contributed by atoms with Crippen molar-refractivity contribution in [3.63, 3.8) is 0 Å². The number of carboxylic acid groups (broad SMARTS) is 1. The van der Waals surface area contributed by atoms with Gasteiger partial charge in [0.2, 0.25) is 0 Å². The van der Waals surface area contributed by atoms with Gasteiger partial charge in [-0.05, 0) is 49.3 Å². The second kappa shape index (κ2) is 4.74. The van der Waals surface area contributed by atoms with Crippen LogP contribution in [0.15, 0.2) is 24.3 Å². The van der Waals surface area contributed by atoms with Gasteiger partial charge in [0.25, 0.3) is 0 Å². The van der Waals surface area contributed by atoms with Crippen molar-refractivity contribution >= 4 is 11.5 Å². The van der Waals surface area contributed by atoms with E-state index in [-0.39, 0.29) is 0 Å². The van der Waals surface area contributed by atoms with Gasteiger partial charge in [-0.1, -0.05) is 30.2 Å². The van der Waals surface area contributed by atoms with Crippen molar-refractivity contribution in [1.29, 1.82) is 0 Å². The monoisotopic (exact) mass is 230 g/mol. The van der Waals surface area contributed by atoms with Crippen molar-refractivity contribution in [2.45, 2.75) is 33.1 Å². The molecule has 0 amide bonds. The lowest BCUT2D eigenvalue weighted by Gasteiger charge is -2.29. The van der Waals surface area contributed by atoms with Gasteiger partial charge in [0.15, 0.2) is 0 Å². The molecule has 1 aromatic carbocycles. The first-order valence-corrected chi connectivity index (χ1v) is 6.10. The van der Waals surface area contributed by atoms with E-state index >= 15 is 0 Å². The molecule has 0 bridgehead atoms. The number of aryl methyl sites for hydroxylation is 2. The van der Waals surface area contributed by atoms with E-state index in [0.29, 0.717) is 5.92 Å². The van der Waals surface area contributed by atoms with E-state index in [9.17, 15) is 4.79 Å². The Hall–Kier alpha value is -1.57. The number of rotatable bonds is 3. The van der Waals surface area contributed by atoms with E-state index in [1.54, 1.807) is 0 Å². The molecule has 0 atom stereocenters. The summed E-state index contributed by atoms with van der Waals surface area (Å²) >= 11 is 0. The first-order chi connectivity index (χ1) is 8.08. The first kappa shape index (κ1) is 11.9. The van der Waals surface area contributed by atoms with Crippen LogP contribution >= 0.6 is 0 Å². The number of aliphatic carboxylic acids is 1. The van der Waals surface area contributed by atoms with Gasteiger partial charge in [0.05, 0.1) is 0 Å². The fraction of sp³-hybridized carbons (Fsp3) is 0.400. The third-order valence-corrected chi connectivity index (χ3v) is 3.53. The highest BCUT2D eigenvalue weighted by Crippen LogP contribution is 2.39. The molecule has 0 spiro atoms. The van der Waals surface area contributed by atoms with E-state index < -0.39 is 5.97 Å². The summed E-state index contributed by atoms with van der Waals surface area (Å²) in [5, 5.41) is 9.00. The number of carboxylic acids is 1. The molecule has 90 valence electrons. The fourth-order valence-corrected chi connectivity index (χ4v) is 2.31. The fourth-order valence-electron chi connectivity index (χ4n) is 2.31. The minimum absolute atomic E-state index is 0.437. The van der Waals surface area contributed by atoms with Crippen molar-refractivity contribution < 1.29 is 9.90 Å². The van der Waals surface area contributed by atoms with Gasteiger partial charge in [-0.15, -0.1) is 0 Å². The number of carbonyl (C=O) groups is 1. The van der Waals surface area contributed by atoms with Crippen molar-refractivity contribution in [3.05, 3.63) is 41.0 Å². The van der Waals surface area contributed by atoms with Crippen molar-refractivity contribution in [3.8, 4) is 0 Å². The second-order valence-corrected chi connectivity index (χ2v) is 4.88. The van der Waals surface area contributed by atoms with E-state index in [4.69, 9.17) is 5.11 Å². The molecule has 2 heteroatoms. The van der Waals surface area contributed by atoms with Crippen LogP contribution in [0.4, 0.5) is 0 Å². The van der Waals surface area contributed by atoms with Gasteiger partial charge in [-0.3, -0.25) is 0 Å².